The lowest BCUT2D eigenvalue weighted by Gasteiger charge is -2.13. The van der Waals surface area contributed by atoms with E-state index in [0.29, 0.717) is 5.92 Å². The number of hydrogen-bond acceptors (Lipinski definition) is 1. The molecule has 0 fully saturated rings. The summed E-state index contributed by atoms with van der Waals surface area (Å²) in [5, 5.41) is 0. The summed E-state index contributed by atoms with van der Waals surface area (Å²) < 4.78 is 2.10. The molecule has 0 unspecified atom stereocenters. The molecule has 0 saturated carbocycles. The summed E-state index contributed by atoms with van der Waals surface area (Å²) >= 11 is 0. The second-order valence-electron chi connectivity index (χ2n) is 5.76. The fourth-order valence-corrected chi connectivity index (χ4v) is 1.72. The predicted molar refractivity (Wildman–Crippen MR) is 68.0 cm³/mol. The van der Waals surface area contributed by atoms with Crippen molar-refractivity contribution in [3.05, 3.63) is 35.8 Å². The monoisotopic (exact) mass is 216 g/mol. The SMILES string of the molecule is CC(C)c1ccn2cc(C(C)(C)C)nc2c1. The topological polar surface area (TPSA) is 17.3 Å². The molecule has 0 saturated heterocycles. The van der Waals surface area contributed by atoms with Gasteiger partial charge in [0.05, 0.1) is 5.69 Å². The van der Waals surface area contributed by atoms with E-state index in [1.807, 2.05) is 0 Å². The largest absolute Gasteiger partial charge is 0.307 e. The van der Waals surface area contributed by atoms with Gasteiger partial charge in [-0.05, 0) is 23.6 Å². The quantitative estimate of drug-likeness (QED) is 0.709. The van der Waals surface area contributed by atoms with Crippen molar-refractivity contribution in [3.63, 3.8) is 0 Å². The van der Waals surface area contributed by atoms with Crippen LogP contribution in [0, 0.1) is 0 Å². The zero-order valence-electron chi connectivity index (χ0n) is 10.8. The highest BCUT2D eigenvalue weighted by molar-refractivity contribution is 5.44. The second-order valence-corrected chi connectivity index (χ2v) is 5.76. The molecule has 2 heteroatoms. The average molecular weight is 216 g/mol. The molecule has 2 heterocycles. The summed E-state index contributed by atoms with van der Waals surface area (Å²) in [4.78, 5) is 4.69. The van der Waals surface area contributed by atoms with Gasteiger partial charge in [0.1, 0.15) is 5.65 Å². The third kappa shape index (κ3) is 1.97. The number of nitrogens with zero attached hydrogens (tertiary/aromatic N) is 2. The Morgan fingerprint density at radius 3 is 2.50 bits per heavy atom. The molecule has 0 aliphatic heterocycles. The molecule has 0 amide bonds. The third-order valence-corrected chi connectivity index (χ3v) is 2.92. The lowest BCUT2D eigenvalue weighted by Crippen LogP contribution is -2.11. The van der Waals surface area contributed by atoms with Crippen LogP contribution in [0.4, 0.5) is 0 Å². The highest BCUT2D eigenvalue weighted by Gasteiger charge is 2.17. The predicted octanol–water partition coefficient (Wildman–Crippen LogP) is 3.76. The maximum absolute atomic E-state index is 4.69. The number of pyridine rings is 1. The zero-order valence-corrected chi connectivity index (χ0v) is 10.8. The Labute approximate surface area is 97.3 Å². The number of fused-ring (bicyclic) bond motifs is 1. The van der Waals surface area contributed by atoms with Gasteiger partial charge in [-0.15, -0.1) is 0 Å². The molecule has 2 aromatic rings. The summed E-state index contributed by atoms with van der Waals surface area (Å²) in [5.41, 5.74) is 3.66. The Hall–Kier alpha value is -1.31. The summed E-state index contributed by atoms with van der Waals surface area (Å²) in [6.45, 7) is 11.0. The molecule has 16 heavy (non-hydrogen) atoms. The first-order valence-electron chi connectivity index (χ1n) is 5.87. The number of hydrogen-bond donors (Lipinski definition) is 0. The van der Waals surface area contributed by atoms with Gasteiger partial charge in [0.15, 0.2) is 0 Å². The molecule has 0 aliphatic carbocycles. The first-order chi connectivity index (χ1) is 7.38. The number of rotatable bonds is 1. The summed E-state index contributed by atoms with van der Waals surface area (Å²) in [7, 11) is 0. The van der Waals surface area contributed by atoms with E-state index in [-0.39, 0.29) is 5.41 Å². The lowest BCUT2D eigenvalue weighted by atomic mass is 9.93. The highest BCUT2D eigenvalue weighted by Crippen LogP contribution is 2.23. The van der Waals surface area contributed by atoms with Gasteiger partial charge in [0.25, 0.3) is 0 Å². The van der Waals surface area contributed by atoms with Crippen molar-refractivity contribution >= 4 is 5.65 Å². The Bertz CT molecular complexity index is 501. The van der Waals surface area contributed by atoms with Crippen LogP contribution in [-0.2, 0) is 5.41 Å². The fourth-order valence-electron chi connectivity index (χ4n) is 1.72. The van der Waals surface area contributed by atoms with Crippen LogP contribution in [0.25, 0.3) is 5.65 Å². The Morgan fingerprint density at radius 2 is 1.94 bits per heavy atom. The molecule has 2 nitrogen and oxygen atoms in total. The number of imidazole rings is 1. The van der Waals surface area contributed by atoms with Crippen LogP contribution in [0.2, 0.25) is 0 Å². The molecule has 2 rings (SSSR count). The van der Waals surface area contributed by atoms with Gasteiger partial charge in [-0.1, -0.05) is 34.6 Å². The maximum atomic E-state index is 4.69. The van der Waals surface area contributed by atoms with E-state index >= 15 is 0 Å². The molecule has 0 aliphatic rings. The summed E-state index contributed by atoms with van der Waals surface area (Å²) in [6.07, 6.45) is 4.23. The first kappa shape index (κ1) is 11.2. The molecule has 0 bridgehead atoms. The van der Waals surface area contributed by atoms with Crippen molar-refractivity contribution in [1.29, 1.82) is 0 Å². The second kappa shape index (κ2) is 3.62. The molecule has 0 atom stereocenters. The van der Waals surface area contributed by atoms with Crippen molar-refractivity contribution in [2.75, 3.05) is 0 Å². The van der Waals surface area contributed by atoms with Gasteiger partial charge < -0.3 is 4.40 Å². The standard InChI is InChI=1S/C14H20N2/c1-10(2)11-6-7-16-9-12(14(3,4)5)15-13(16)8-11/h6-10H,1-5H3. The minimum atomic E-state index is 0.115. The molecule has 2 aromatic heterocycles. The molecule has 0 aromatic carbocycles. The van der Waals surface area contributed by atoms with Crippen molar-refractivity contribution < 1.29 is 0 Å². The van der Waals surface area contributed by atoms with E-state index in [1.165, 1.54) is 5.56 Å². The van der Waals surface area contributed by atoms with Gasteiger partial charge in [0.2, 0.25) is 0 Å². The maximum Gasteiger partial charge on any atom is 0.137 e. The minimum absolute atomic E-state index is 0.115. The van der Waals surface area contributed by atoms with Crippen LogP contribution in [-0.4, -0.2) is 9.38 Å². The Morgan fingerprint density at radius 1 is 1.25 bits per heavy atom. The van der Waals surface area contributed by atoms with E-state index in [2.05, 4.69) is 68.5 Å². The highest BCUT2D eigenvalue weighted by atomic mass is 15.0. The molecular formula is C14H20N2. The lowest BCUT2D eigenvalue weighted by molar-refractivity contribution is 0.573. The van der Waals surface area contributed by atoms with Gasteiger partial charge in [-0.2, -0.15) is 0 Å². The van der Waals surface area contributed by atoms with E-state index in [4.69, 9.17) is 0 Å². The number of aromatic nitrogens is 2. The summed E-state index contributed by atoms with van der Waals surface area (Å²) in [6, 6.07) is 4.35. The third-order valence-electron chi connectivity index (χ3n) is 2.92. The van der Waals surface area contributed by atoms with Gasteiger partial charge >= 0.3 is 0 Å². The van der Waals surface area contributed by atoms with E-state index in [1.54, 1.807) is 0 Å². The molecule has 0 N–H and O–H groups in total. The molecular weight excluding hydrogens is 196 g/mol. The van der Waals surface area contributed by atoms with Crippen molar-refractivity contribution in [2.45, 2.75) is 46.0 Å². The van der Waals surface area contributed by atoms with Crippen molar-refractivity contribution in [3.8, 4) is 0 Å². The summed E-state index contributed by atoms with van der Waals surface area (Å²) in [5.74, 6) is 0.555. The average Bonchev–Trinajstić information content (AvgIpc) is 2.58. The Balaban J connectivity index is 2.54. The molecule has 0 radical (unpaired) electrons. The Kier molecular flexibility index (Phi) is 2.53. The van der Waals surface area contributed by atoms with E-state index < -0.39 is 0 Å². The van der Waals surface area contributed by atoms with Crippen LogP contribution in [0.15, 0.2) is 24.5 Å². The van der Waals surface area contributed by atoms with E-state index in [0.717, 1.165) is 11.3 Å². The fraction of sp³-hybridized carbons (Fsp3) is 0.500. The van der Waals surface area contributed by atoms with Crippen LogP contribution < -0.4 is 0 Å². The van der Waals surface area contributed by atoms with Crippen LogP contribution in [0.5, 0.6) is 0 Å². The molecule has 0 spiro atoms. The first-order valence-corrected chi connectivity index (χ1v) is 5.87. The van der Waals surface area contributed by atoms with Gasteiger partial charge in [-0.3, -0.25) is 0 Å². The van der Waals surface area contributed by atoms with Crippen LogP contribution in [0.1, 0.15) is 51.8 Å². The van der Waals surface area contributed by atoms with Crippen molar-refractivity contribution in [1.82, 2.24) is 9.38 Å². The van der Waals surface area contributed by atoms with Gasteiger partial charge in [-0.25, -0.2) is 4.98 Å². The van der Waals surface area contributed by atoms with E-state index in [9.17, 15) is 0 Å². The minimum Gasteiger partial charge on any atom is -0.307 e. The van der Waals surface area contributed by atoms with Gasteiger partial charge in [0, 0.05) is 17.8 Å². The van der Waals surface area contributed by atoms with Crippen molar-refractivity contribution in [2.24, 2.45) is 0 Å². The molecule has 86 valence electrons. The zero-order chi connectivity index (χ0) is 11.9. The van der Waals surface area contributed by atoms with Crippen LogP contribution in [0.3, 0.4) is 0 Å². The normalized spacial score (nSPS) is 12.6. The smallest absolute Gasteiger partial charge is 0.137 e. The van der Waals surface area contributed by atoms with Crippen LogP contribution >= 0.6 is 0 Å².